The quantitative estimate of drug-likeness (QED) is 0.223. The summed E-state index contributed by atoms with van der Waals surface area (Å²) in [5.41, 5.74) is 2.31. The monoisotopic (exact) mass is 503 g/mol. The van der Waals surface area contributed by atoms with Crippen molar-refractivity contribution in [2.24, 2.45) is 4.99 Å². The van der Waals surface area contributed by atoms with Crippen molar-refractivity contribution in [2.45, 2.75) is 26.3 Å². The molecule has 1 aromatic carbocycles. The van der Waals surface area contributed by atoms with Crippen LogP contribution in [-0.2, 0) is 17.7 Å². The molecule has 0 unspecified atom stereocenters. The molecule has 7 heteroatoms. The number of guanidine groups is 1. The molecule has 0 atom stereocenters. The van der Waals surface area contributed by atoms with Crippen LogP contribution in [0.2, 0.25) is 0 Å². The van der Waals surface area contributed by atoms with Crippen molar-refractivity contribution in [1.82, 2.24) is 10.6 Å². The fraction of sp³-hybridized carbons (Fsp3) is 0.450. The number of thiophene rings is 1. The maximum absolute atomic E-state index is 5.94. The van der Waals surface area contributed by atoms with E-state index in [-0.39, 0.29) is 24.0 Å². The Bertz CT molecular complexity index is 678. The summed E-state index contributed by atoms with van der Waals surface area (Å²) in [5.74, 6) is 1.72. The minimum absolute atomic E-state index is 0. The Labute approximate surface area is 183 Å². The van der Waals surface area contributed by atoms with Crippen molar-refractivity contribution in [1.29, 1.82) is 0 Å². The van der Waals surface area contributed by atoms with E-state index in [1.54, 1.807) is 25.5 Å². The SMILES string of the molecule is CN=C(NCCc1cccs1)NCc1ccc(C)cc1OCCCOC.I. The molecule has 0 amide bonds. The first kappa shape index (κ1) is 23.7. The largest absolute Gasteiger partial charge is 0.493 e. The molecule has 2 rings (SSSR count). The Morgan fingerprint density at radius 1 is 1.19 bits per heavy atom. The lowest BCUT2D eigenvalue weighted by molar-refractivity contribution is 0.172. The fourth-order valence-electron chi connectivity index (χ4n) is 2.49. The predicted octanol–water partition coefficient (Wildman–Crippen LogP) is 4.00. The van der Waals surface area contributed by atoms with E-state index in [2.05, 4.69) is 58.3 Å². The van der Waals surface area contributed by atoms with Gasteiger partial charge in [0.25, 0.3) is 0 Å². The first-order valence-electron chi connectivity index (χ1n) is 8.91. The summed E-state index contributed by atoms with van der Waals surface area (Å²) in [6.45, 7) is 4.95. The van der Waals surface area contributed by atoms with Crippen LogP contribution in [0.15, 0.2) is 40.7 Å². The van der Waals surface area contributed by atoms with Crippen LogP contribution in [0.4, 0.5) is 0 Å². The summed E-state index contributed by atoms with van der Waals surface area (Å²) in [6.07, 6.45) is 1.88. The van der Waals surface area contributed by atoms with Gasteiger partial charge in [-0.1, -0.05) is 18.2 Å². The average Bonchev–Trinajstić information content (AvgIpc) is 3.16. The summed E-state index contributed by atoms with van der Waals surface area (Å²) in [4.78, 5) is 5.67. The molecule has 0 aliphatic heterocycles. The molecule has 2 aromatic rings. The molecule has 0 spiro atoms. The molecule has 0 aliphatic carbocycles. The Kier molecular flexibility index (Phi) is 12.1. The molecule has 1 aromatic heterocycles. The normalized spacial score (nSPS) is 11.0. The second-order valence-corrected chi connectivity index (χ2v) is 7.02. The highest BCUT2D eigenvalue weighted by Crippen LogP contribution is 2.20. The number of benzene rings is 1. The third-order valence-corrected chi connectivity index (χ3v) is 4.82. The summed E-state index contributed by atoms with van der Waals surface area (Å²) in [5, 5.41) is 8.83. The highest BCUT2D eigenvalue weighted by Gasteiger charge is 2.06. The molecular formula is C20H30IN3O2S. The van der Waals surface area contributed by atoms with Crippen LogP contribution in [0.1, 0.15) is 22.4 Å². The van der Waals surface area contributed by atoms with Crippen molar-refractivity contribution < 1.29 is 9.47 Å². The zero-order valence-electron chi connectivity index (χ0n) is 16.3. The van der Waals surface area contributed by atoms with Crippen molar-refractivity contribution in [3.63, 3.8) is 0 Å². The van der Waals surface area contributed by atoms with Crippen LogP contribution in [0.3, 0.4) is 0 Å². The average molecular weight is 503 g/mol. The van der Waals surface area contributed by atoms with Gasteiger partial charge in [0.1, 0.15) is 5.75 Å². The van der Waals surface area contributed by atoms with Crippen LogP contribution < -0.4 is 15.4 Å². The number of halogens is 1. The van der Waals surface area contributed by atoms with Gasteiger partial charge >= 0.3 is 0 Å². The molecule has 0 radical (unpaired) electrons. The summed E-state index contributed by atoms with van der Waals surface area (Å²) in [7, 11) is 3.50. The maximum atomic E-state index is 5.94. The lowest BCUT2D eigenvalue weighted by Crippen LogP contribution is -2.37. The van der Waals surface area contributed by atoms with Gasteiger partial charge in [0.05, 0.1) is 6.61 Å². The van der Waals surface area contributed by atoms with Gasteiger partial charge in [0.2, 0.25) is 0 Å². The number of nitrogens with zero attached hydrogens (tertiary/aromatic N) is 1. The van der Waals surface area contributed by atoms with Crippen LogP contribution in [0, 0.1) is 6.92 Å². The van der Waals surface area contributed by atoms with Crippen LogP contribution in [0.5, 0.6) is 5.75 Å². The standard InChI is InChI=1S/C20H29N3O2S.HI/c1-16-7-8-17(19(14-16)25-12-5-11-24-3)15-23-20(21-2)22-10-9-18-6-4-13-26-18;/h4,6-8,13-14H,5,9-12,15H2,1-3H3,(H2,21,22,23);1H. The molecule has 0 saturated carbocycles. The van der Waals surface area contributed by atoms with Gasteiger partial charge in [-0.3, -0.25) is 4.99 Å². The van der Waals surface area contributed by atoms with Gasteiger partial charge in [-0.25, -0.2) is 0 Å². The highest BCUT2D eigenvalue weighted by atomic mass is 127. The number of aliphatic imine (C=N–C) groups is 1. The zero-order chi connectivity index (χ0) is 18.6. The second kappa shape index (κ2) is 13.8. The Morgan fingerprint density at radius 3 is 2.74 bits per heavy atom. The van der Waals surface area contributed by atoms with E-state index in [0.717, 1.165) is 36.7 Å². The molecule has 1 heterocycles. The topological polar surface area (TPSA) is 54.9 Å². The Hall–Kier alpha value is -1.32. The molecule has 0 bridgehead atoms. The minimum Gasteiger partial charge on any atom is -0.493 e. The Morgan fingerprint density at radius 2 is 2.04 bits per heavy atom. The van der Waals surface area contributed by atoms with E-state index in [9.17, 15) is 0 Å². The lowest BCUT2D eigenvalue weighted by atomic mass is 10.1. The number of methoxy groups -OCH3 is 1. The maximum Gasteiger partial charge on any atom is 0.191 e. The number of nitrogens with one attached hydrogen (secondary N) is 2. The summed E-state index contributed by atoms with van der Waals surface area (Å²) < 4.78 is 11.0. The smallest absolute Gasteiger partial charge is 0.191 e. The zero-order valence-corrected chi connectivity index (χ0v) is 19.4. The number of ether oxygens (including phenoxy) is 2. The van der Waals surface area contributed by atoms with E-state index < -0.39 is 0 Å². The van der Waals surface area contributed by atoms with E-state index in [4.69, 9.17) is 9.47 Å². The predicted molar refractivity (Wildman–Crippen MR) is 125 cm³/mol. The van der Waals surface area contributed by atoms with E-state index in [0.29, 0.717) is 19.8 Å². The van der Waals surface area contributed by atoms with Gasteiger partial charge in [0, 0.05) is 50.7 Å². The highest BCUT2D eigenvalue weighted by molar-refractivity contribution is 14.0. The molecule has 27 heavy (non-hydrogen) atoms. The molecule has 0 saturated heterocycles. The third-order valence-electron chi connectivity index (χ3n) is 3.89. The van der Waals surface area contributed by atoms with Crippen molar-refractivity contribution >= 4 is 41.3 Å². The van der Waals surface area contributed by atoms with Crippen LogP contribution in [-0.4, -0.2) is 39.9 Å². The molecule has 5 nitrogen and oxygen atoms in total. The van der Waals surface area contributed by atoms with Gasteiger partial charge in [-0.2, -0.15) is 0 Å². The minimum atomic E-state index is 0. The molecule has 0 fully saturated rings. The summed E-state index contributed by atoms with van der Waals surface area (Å²) >= 11 is 1.78. The van der Waals surface area contributed by atoms with Crippen molar-refractivity contribution in [2.75, 3.05) is 33.9 Å². The summed E-state index contributed by atoms with van der Waals surface area (Å²) in [6, 6.07) is 10.5. The fourth-order valence-corrected chi connectivity index (χ4v) is 3.20. The number of hydrogen-bond acceptors (Lipinski definition) is 4. The van der Waals surface area contributed by atoms with Crippen LogP contribution >= 0.6 is 35.3 Å². The van der Waals surface area contributed by atoms with E-state index >= 15 is 0 Å². The first-order valence-corrected chi connectivity index (χ1v) is 9.79. The number of rotatable bonds is 10. The van der Waals surface area contributed by atoms with E-state index in [1.165, 1.54) is 10.4 Å². The lowest BCUT2D eigenvalue weighted by Gasteiger charge is -2.15. The van der Waals surface area contributed by atoms with Crippen molar-refractivity contribution in [3.05, 3.63) is 51.7 Å². The second-order valence-electron chi connectivity index (χ2n) is 5.99. The third kappa shape index (κ3) is 8.94. The number of aryl methyl sites for hydroxylation is 1. The molecule has 0 aliphatic rings. The van der Waals surface area contributed by atoms with Gasteiger partial charge in [-0.05, 0) is 36.4 Å². The van der Waals surface area contributed by atoms with Gasteiger partial charge in [0.15, 0.2) is 5.96 Å². The molecule has 2 N–H and O–H groups in total. The van der Waals surface area contributed by atoms with Crippen LogP contribution in [0.25, 0.3) is 0 Å². The molecule has 150 valence electrons. The molecular weight excluding hydrogens is 473 g/mol. The number of hydrogen-bond donors (Lipinski definition) is 2. The van der Waals surface area contributed by atoms with Gasteiger partial charge < -0.3 is 20.1 Å². The first-order chi connectivity index (χ1) is 12.7. The van der Waals surface area contributed by atoms with E-state index in [1.807, 2.05) is 0 Å². The Balaban J connectivity index is 0.00000364. The van der Waals surface area contributed by atoms with Gasteiger partial charge in [-0.15, -0.1) is 35.3 Å². The van der Waals surface area contributed by atoms with Crippen molar-refractivity contribution in [3.8, 4) is 5.75 Å².